The van der Waals surface area contributed by atoms with Crippen molar-refractivity contribution in [1.82, 2.24) is 9.78 Å². The molecule has 0 aliphatic heterocycles. The summed E-state index contributed by atoms with van der Waals surface area (Å²) in [6, 6.07) is 15.6. The number of halogens is 1. The molecule has 1 aromatic heterocycles. The second-order valence-corrected chi connectivity index (χ2v) is 6.17. The Morgan fingerprint density at radius 3 is 2.74 bits per heavy atom. The third-order valence-electron chi connectivity index (χ3n) is 3.46. The maximum Gasteiger partial charge on any atom is 0.228 e. The van der Waals surface area contributed by atoms with E-state index in [0.717, 1.165) is 27.0 Å². The minimum Gasteiger partial charge on any atom is -0.326 e. The molecular weight excluding hydrogens is 354 g/mol. The number of aromatic nitrogens is 2. The molecule has 23 heavy (non-hydrogen) atoms. The molecule has 3 rings (SSSR count). The number of amides is 1. The van der Waals surface area contributed by atoms with Crippen molar-refractivity contribution in [3.05, 3.63) is 76.5 Å². The van der Waals surface area contributed by atoms with Gasteiger partial charge in [0.05, 0.1) is 18.3 Å². The summed E-state index contributed by atoms with van der Waals surface area (Å²) in [7, 11) is 0. The molecular formula is C18H16BrN3O. The van der Waals surface area contributed by atoms with Crippen molar-refractivity contribution in [3.8, 4) is 5.69 Å². The van der Waals surface area contributed by atoms with Crippen molar-refractivity contribution in [3.63, 3.8) is 0 Å². The monoisotopic (exact) mass is 369 g/mol. The molecule has 116 valence electrons. The highest BCUT2D eigenvalue weighted by molar-refractivity contribution is 9.10. The van der Waals surface area contributed by atoms with Crippen molar-refractivity contribution in [2.75, 3.05) is 5.32 Å². The first kappa shape index (κ1) is 15.5. The molecule has 2 aromatic carbocycles. The number of hydrogen-bond donors (Lipinski definition) is 1. The number of carbonyl (C=O) groups is 1. The summed E-state index contributed by atoms with van der Waals surface area (Å²) in [5.41, 5.74) is 3.73. The molecule has 0 radical (unpaired) electrons. The topological polar surface area (TPSA) is 46.9 Å². The number of nitrogens with one attached hydrogen (secondary N) is 1. The Morgan fingerprint density at radius 2 is 2.00 bits per heavy atom. The molecule has 1 heterocycles. The zero-order chi connectivity index (χ0) is 16.2. The van der Waals surface area contributed by atoms with E-state index in [1.165, 1.54) is 0 Å². The van der Waals surface area contributed by atoms with Crippen LogP contribution in [0.25, 0.3) is 5.69 Å². The van der Waals surface area contributed by atoms with Gasteiger partial charge in [-0.3, -0.25) is 4.79 Å². The highest BCUT2D eigenvalue weighted by Gasteiger charge is 2.08. The van der Waals surface area contributed by atoms with E-state index in [-0.39, 0.29) is 5.91 Å². The molecule has 4 nitrogen and oxygen atoms in total. The number of rotatable bonds is 4. The maximum atomic E-state index is 12.2. The lowest BCUT2D eigenvalue weighted by Gasteiger charge is -2.06. The van der Waals surface area contributed by atoms with Crippen molar-refractivity contribution in [2.24, 2.45) is 0 Å². The fraction of sp³-hybridized carbons (Fsp3) is 0.111. The van der Waals surface area contributed by atoms with Crippen LogP contribution >= 0.6 is 15.9 Å². The lowest BCUT2D eigenvalue weighted by Crippen LogP contribution is -2.14. The van der Waals surface area contributed by atoms with Gasteiger partial charge in [0.15, 0.2) is 0 Å². The molecule has 0 fully saturated rings. The Morgan fingerprint density at radius 1 is 1.22 bits per heavy atom. The highest BCUT2D eigenvalue weighted by atomic mass is 79.9. The number of aryl methyl sites for hydroxylation is 1. The number of benzene rings is 2. The number of nitrogens with zero attached hydrogens (tertiary/aromatic N) is 2. The summed E-state index contributed by atoms with van der Waals surface area (Å²) >= 11 is 3.45. The van der Waals surface area contributed by atoms with E-state index in [4.69, 9.17) is 0 Å². The highest BCUT2D eigenvalue weighted by Crippen LogP contribution is 2.20. The van der Waals surface area contributed by atoms with Crippen LogP contribution in [0.15, 0.2) is 65.4 Å². The van der Waals surface area contributed by atoms with Gasteiger partial charge < -0.3 is 5.32 Å². The van der Waals surface area contributed by atoms with Gasteiger partial charge in [0.25, 0.3) is 0 Å². The van der Waals surface area contributed by atoms with Crippen LogP contribution in [0.3, 0.4) is 0 Å². The fourth-order valence-electron chi connectivity index (χ4n) is 2.29. The van der Waals surface area contributed by atoms with Gasteiger partial charge >= 0.3 is 0 Å². The minimum atomic E-state index is -0.0562. The van der Waals surface area contributed by atoms with Gasteiger partial charge in [0.2, 0.25) is 5.91 Å². The second-order valence-electron chi connectivity index (χ2n) is 5.32. The van der Waals surface area contributed by atoms with Gasteiger partial charge in [0.1, 0.15) is 0 Å². The van der Waals surface area contributed by atoms with Crippen LogP contribution < -0.4 is 5.32 Å². The molecule has 0 saturated heterocycles. The van der Waals surface area contributed by atoms with Crippen molar-refractivity contribution in [2.45, 2.75) is 13.3 Å². The van der Waals surface area contributed by atoms with Crippen LogP contribution in [0, 0.1) is 6.92 Å². The van der Waals surface area contributed by atoms with Crippen LogP contribution in [0.2, 0.25) is 0 Å². The lowest BCUT2D eigenvalue weighted by atomic mass is 10.2. The Hall–Kier alpha value is -2.40. The first-order valence-electron chi connectivity index (χ1n) is 7.27. The van der Waals surface area contributed by atoms with Crippen molar-refractivity contribution < 1.29 is 4.79 Å². The maximum absolute atomic E-state index is 12.2. The predicted octanol–water partition coefficient (Wildman–Crippen LogP) is 4.12. The van der Waals surface area contributed by atoms with Crippen LogP contribution in [0.1, 0.15) is 11.1 Å². The number of hydrogen-bond acceptors (Lipinski definition) is 2. The molecule has 0 atom stereocenters. The van der Waals surface area contributed by atoms with Gasteiger partial charge in [-0.1, -0.05) is 34.1 Å². The summed E-state index contributed by atoms with van der Waals surface area (Å²) in [5, 5.41) is 7.21. The fourth-order valence-corrected chi connectivity index (χ4v) is 2.53. The zero-order valence-corrected chi connectivity index (χ0v) is 14.2. The normalized spacial score (nSPS) is 10.5. The molecule has 1 amide bonds. The van der Waals surface area contributed by atoms with Gasteiger partial charge in [0, 0.05) is 16.4 Å². The van der Waals surface area contributed by atoms with Crippen LogP contribution in [0.5, 0.6) is 0 Å². The Labute approximate surface area is 143 Å². The van der Waals surface area contributed by atoms with Crippen molar-refractivity contribution in [1.29, 1.82) is 0 Å². The third kappa shape index (κ3) is 3.87. The Kier molecular flexibility index (Phi) is 4.57. The van der Waals surface area contributed by atoms with Crippen LogP contribution in [-0.4, -0.2) is 15.7 Å². The van der Waals surface area contributed by atoms with E-state index < -0.39 is 0 Å². The largest absolute Gasteiger partial charge is 0.326 e. The average Bonchev–Trinajstić information content (AvgIpc) is 3.00. The summed E-state index contributed by atoms with van der Waals surface area (Å²) in [4.78, 5) is 12.2. The molecule has 5 heteroatoms. The summed E-state index contributed by atoms with van der Waals surface area (Å²) < 4.78 is 2.80. The molecule has 0 saturated carbocycles. The number of para-hydroxylation sites is 1. The van der Waals surface area contributed by atoms with Gasteiger partial charge in [-0.05, 0) is 48.4 Å². The third-order valence-corrected chi connectivity index (χ3v) is 4.35. The molecule has 0 spiro atoms. The lowest BCUT2D eigenvalue weighted by molar-refractivity contribution is -0.115. The average molecular weight is 370 g/mol. The second kappa shape index (κ2) is 6.79. The van der Waals surface area contributed by atoms with E-state index >= 15 is 0 Å². The molecule has 0 aliphatic rings. The van der Waals surface area contributed by atoms with Crippen molar-refractivity contribution >= 4 is 27.5 Å². The number of anilines is 1. The molecule has 0 aliphatic carbocycles. The molecule has 1 N–H and O–H groups in total. The quantitative estimate of drug-likeness (QED) is 0.751. The first-order chi connectivity index (χ1) is 11.1. The Balaban J connectivity index is 1.66. The van der Waals surface area contributed by atoms with Crippen LogP contribution in [0.4, 0.5) is 5.69 Å². The first-order valence-corrected chi connectivity index (χ1v) is 8.06. The molecule has 3 aromatic rings. The summed E-state index contributed by atoms with van der Waals surface area (Å²) in [5.74, 6) is -0.0562. The SMILES string of the molecule is Cc1cc(NC(=O)Cc2cnn(-c3ccccc3)c2)ccc1Br. The van der Waals surface area contributed by atoms with E-state index in [1.54, 1.807) is 10.9 Å². The standard InChI is InChI=1S/C18H16BrN3O/c1-13-9-15(7-8-17(13)19)21-18(23)10-14-11-20-22(12-14)16-5-3-2-4-6-16/h2-9,11-12H,10H2,1H3,(H,21,23). The van der Waals surface area contributed by atoms with E-state index in [1.807, 2.05) is 61.7 Å². The van der Waals surface area contributed by atoms with Gasteiger partial charge in [-0.2, -0.15) is 5.10 Å². The molecule has 0 unspecified atom stereocenters. The van der Waals surface area contributed by atoms with Gasteiger partial charge in [-0.15, -0.1) is 0 Å². The Bertz CT molecular complexity index is 827. The predicted molar refractivity (Wildman–Crippen MR) is 94.8 cm³/mol. The van der Waals surface area contributed by atoms with Crippen LogP contribution in [-0.2, 0) is 11.2 Å². The van der Waals surface area contributed by atoms with E-state index in [2.05, 4.69) is 26.3 Å². The number of carbonyl (C=O) groups excluding carboxylic acids is 1. The smallest absolute Gasteiger partial charge is 0.228 e. The zero-order valence-electron chi connectivity index (χ0n) is 12.7. The summed E-state index contributed by atoms with van der Waals surface area (Å²) in [6.07, 6.45) is 3.89. The van der Waals surface area contributed by atoms with E-state index in [9.17, 15) is 4.79 Å². The summed E-state index contributed by atoms with van der Waals surface area (Å²) in [6.45, 7) is 1.99. The van der Waals surface area contributed by atoms with Gasteiger partial charge in [-0.25, -0.2) is 4.68 Å². The molecule has 0 bridgehead atoms. The van der Waals surface area contributed by atoms with E-state index in [0.29, 0.717) is 6.42 Å². The minimum absolute atomic E-state index is 0.0562.